The van der Waals surface area contributed by atoms with E-state index in [9.17, 15) is 4.79 Å². The van der Waals surface area contributed by atoms with Gasteiger partial charge in [-0.2, -0.15) is 0 Å². The minimum Gasteiger partial charge on any atom is -0.497 e. The zero-order valence-electron chi connectivity index (χ0n) is 13.1. The molecule has 0 saturated heterocycles. The molecule has 2 aromatic rings. The molecule has 4 nitrogen and oxygen atoms in total. The van der Waals surface area contributed by atoms with E-state index in [1.165, 1.54) is 0 Å². The summed E-state index contributed by atoms with van der Waals surface area (Å²) in [6, 6.07) is 7.43. The lowest BCUT2D eigenvalue weighted by Crippen LogP contribution is -2.38. The van der Waals surface area contributed by atoms with Gasteiger partial charge in [-0.25, -0.2) is 0 Å². The number of carbonyl (C=O) groups is 1. The Bertz CT molecular complexity index is 616. The molecule has 0 spiro atoms. The number of rotatable bonds is 6. The van der Waals surface area contributed by atoms with Crippen LogP contribution in [0, 0.1) is 5.92 Å². The molecule has 1 amide bonds. The maximum Gasteiger partial charge on any atom is 0.287 e. The molecule has 114 valence electrons. The average molecular weight is 289 g/mol. The van der Waals surface area contributed by atoms with Gasteiger partial charge in [-0.15, -0.1) is 0 Å². The molecule has 0 bridgehead atoms. The van der Waals surface area contributed by atoms with Gasteiger partial charge in [0, 0.05) is 11.4 Å². The summed E-state index contributed by atoms with van der Waals surface area (Å²) in [4.78, 5) is 12.3. The summed E-state index contributed by atoms with van der Waals surface area (Å²) < 4.78 is 10.8. The quantitative estimate of drug-likeness (QED) is 0.874. The number of hydrogen-bond acceptors (Lipinski definition) is 3. The van der Waals surface area contributed by atoms with Crippen LogP contribution in [-0.2, 0) is 0 Å². The fourth-order valence-corrected chi connectivity index (χ4v) is 2.38. The summed E-state index contributed by atoms with van der Waals surface area (Å²) in [5.41, 5.74) is 0.692. The molecule has 1 atom stereocenters. The van der Waals surface area contributed by atoms with Gasteiger partial charge in [0.15, 0.2) is 5.76 Å². The van der Waals surface area contributed by atoms with Crippen molar-refractivity contribution in [2.24, 2.45) is 5.92 Å². The number of ether oxygens (including phenoxy) is 1. The number of furan rings is 1. The Morgan fingerprint density at radius 2 is 2.10 bits per heavy atom. The summed E-state index contributed by atoms with van der Waals surface area (Å²) >= 11 is 0. The summed E-state index contributed by atoms with van der Waals surface area (Å²) in [5, 5.41) is 3.93. The van der Waals surface area contributed by atoms with Crippen molar-refractivity contribution in [3.05, 3.63) is 30.0 Å². The largest absolute Gasteiger partial charge is 0.497 e. The first kappa shape index (κ1) is 15.4. The first-order valence-electron chi connectivity index (χ1n) is 7.43. The van der Waals surface area contributed by atoms with Crippen molar-refractivity contribution in [3.63, 3.8) is 0 Å². The van der Waals surface area contributed by atoms with Crippen LogP contribution in [0.25, 0.3) is 11.0 Å². The van der Waals surface area contributed by atoms with Crippen LogP contribution in [0.2, 0.25) is 0 Å². The molecule has 4 heteroatoms. The zero-order valence-corrected chi connectivity index (χ0v) is 13.1. The summed E-state index contributed by atoms with van der Waals surface area (Å²) in [6.07, 6.45) is 2.01. The highest BCUT2D eigenvalue weighted by Gasteiger charge is 2.19. The fraction of sp³-hybridized carbons (Fsp3) is 0.471. The van der Waals surface area contributed by atoms with Gasteiger partial charge in [0.2, 0.25) is 0 Å². The van der Waals surface area contributed by atoms with Crippen molar-refractivity contribution in [2.75, 3.05) is 7.11 Å². The minimum absolute atomic E-state index is 0.155. The van der Waals surface area contributed by atoms with Gasteiger partial charge in [-0.3, -0.25) is 4.79 Å². The monoisotopic (exact) mass is 289 g/mol. The fourth-order valence-electron chi connectivity index (χ4n) is 2.38. The standard InChI is InChI=1S/C17H23NO3/c1-5-6-14(11(2)3)18-17(19)16-10-12-9-13(20-4)7-8-15(12)21-16/h7-11,14H,5-6H2,1-4H3,(H,18,19). The van der Waals surface area contributed by atoms with Crippen molar-refractivity contribution in [1.82, 2.24) is 5.32 Å². The van der Waals surface area contributed by atoms with E-state index in [0.29, 0.717) is 17.3 Å². The van der Waals surface area contributed by atoms with E-state index in [2.05, 4.69) is 26.1 Å². The predicted octanol–water partition coefficient (Wildman–Crippen LogP) is 4.00. The molecule has 1 aromatic heterocycles. The van der Waals surface area contributed by atoms with Crippen LogP contribution in [0.1, 0.15) is 44.2 Å². The molecule has 0 fully saturated rings. The molecule has 1 unspecified atom stereocenters. The second-order valence-corrected chi connectivity index (χ2v) is 5.63. The van der Waals surface area contributed by atoms with Crippen LogP contribution in [0.15, 0.2) is 28.7 Å². The molecule has 1 heterocycles. The summed E-state index contributed by atoms with van der Waals surface area (Å²) in [7, 11) is 1.62. The second-order valence-electron chi connectivity index (χ2n) is 5.63. The van der Waals surface area contributed by atoms with Crippen molar-refractivity contribution < 1.29 is 13.9 Å². The highest BCUT2D eigenvalue weighted by molar-refractivity contribution is 5.96. The van der Waals surface area contributed by atoms with E-state index in [0.717, 1.165) is 24.0 Å². The molecule has 0 aliphatic heterocycles. The molecule has 1 N–H and O–H groups in total. The van der Waals surface area contributed by atoms with Gasteiger partial charge < -0.3 is 14.5 Å². The minimum atomic E-state index is -0.155. The van der Waals surface area contributed by atoms with Crippen LogP contribution < -0.4 is 10.1 Å². The van der Waals surface area contributed by atoms with Gasteiger partial charge >= 0.3 is 0 Å². The molecular weight excluding hydrogens is 266 g/mol. The van der Waals surface area contributed by atoms with Gasteiger partial charge in [0.1, 0.15) is 11.3 Å². The van der Waals surface area contributed by atoms with E-state index in [4.69, 9.17) is 9.15 Å². The third-order valence-electron chi connectivity index (χ3n) is 3.67. The van der Waals surface area contributed by atoms with Crippen LogP contribution in [0.5, 0.6) is 5.75 Å². The smallest absolute Gasteiger partial charge is 0.287 e. The molecule has 21 heavy (non-hydrogen) atoms. The summed E-state index contributed by atoms with van der Waals surface area (Å²) in [5.74, 6) is 1.34. The second kappa shape index (κ2) is 6.66. The maximum absolute atomic E-state index is 12.3. The Labute approximate surface area is 125 Å². The molecule has 0 radical (unpaired) electrons. The Morgan fingerprint density at radius 1 is 1.33 bits per heavy atom. The van der Waals surface area contributed by atoms with E-state index < -0.39 is 0 Å². The Morgan fingerprint density at radius 3 is 2.71 bits per heavy atom. The Balaban J connectivity index is 2.18. The van der Waals surface area contributed by atoms with Crippen molar-refractivity contribution in [2.45, 2.75) is 39.7 Å². The first-order chi connectivity index (χ1) is 10.0. The topological polar surface area (TPSA) is 51.5 Å². The van der Waals surface area contributed by atoms with Crippen LogP contribution >= 0.6 is 0 Å². The van der Waals surface area contributed by atoms with E-state index in [1.807, 2.05) is 18.2 Å². The van der Waals surface area contributed by atoms with Crippen molar-refractivity contribution in [3.8, 4) is 5.75 Å². The lowest BCUT2D eigenvalue weighted by Gasteiger charge is -2.21. The maximum atomic E-state index is 12.3. The molecule has 0 aliphatic carbocycles. The Kier molecular flexibility index (Phi) is 4.89. The number of fused-ring (bicyclic) bond motifs is 1. The third kappa shape index (κ3) is 3.57. The van der Waals surface area contributed by atoms with Gasteiger partial charge in [-0.05, 0) is 36.6 Å². The molecule has 2 rings (SSSR count). The number of nitrogens with one attached hydrogen (secondary N) is 1. The molecular formula is C17H23NO3. The van der Waals surface area contributed by atoms with Crippen LogP contribution in [0.4, 0.5) is 0 Å². The number of amides is 1. The summed E-state index contributed by atoms with van der Waals surface area (Å²) in [6.45, 7) is 6.35. The zero-order chi connectivity index (χ0) is 15.4. The third-order valence-corrected chi connectivity index (χ3v) is 3.67. The number of methoxy groups -OCH3 is 1. The van der Waals surface area contributed by atoms with Crippen LogP contribution in [0.3, 0.4) is 0 Å². The molecule has 0 saturated carbocycles. The van der Waals surface area contributed by atoms with Gasteiger partial charge in [0.25, 0.3) is 5.91 Å². The first-order valence-corrected chi connectivity index (χ1v) is 7.43. The van der Waals surface area contributed by atoms with E-state index in [1.54, 1.807) is 13.2 Å². The molecule has 1 aromatic carbocycles. The van der Waals surface area contributed by atoms with E-state index in [-0.39, 0.29) is 11.9 Å². The number of hydrogen-bond donors (Lipinski definition) is 1. The SMILES string of the molecule is CCCC(NC(=O)c1cc2cc(OC)ccc2o1)C(C)C. The van der Waals surface area contributed by atoms with Gasteiger partial charge in [0.05, 0.1) is 7.11 Å². The average Bonchev–Trinajstić information content (AvgIpc) is 2.89. The van der Waals surface area contributed by atoms with Crippen molar-refractivity contribution >= 4 is 16.9 Å². The Hall–Kier alpha value is -1.97. The highest BCUT2D eigenvalue weighted by atomic mass is 16.5. The number of benzene rings is 1. The van der Waals surface area contributed by atoms with Gasteiger partial charge in [-0.1, -0.05) is 27.2 Å². The van der Waals surface area contributed by atoms with Crippen LogP contribution in [-0.4, -0.2) is 19.1 Å². The molecule has 0 aliphatic rings. The number of carbonyl (C=O) groups excluding carboxylic acids is 1. The lowest BCUT2D eigenvalue weighted by molar-refractivity contribution is 0.0897. The lowest BCUT2D eigenvalue weighted by atomic mass is 9.99. The predicted molar refractivity (Wildman–Crippen MR) is 83.8 cm³/mol. The van der Waals surface area contributed by atoms with Crippen molar-refractivity contribution in [1.29, 1.82) is 0 Å². The highest BCUT2D eigenvalue weighted by Crippen LogP contribution is 2.24. The van der Waals surface area contributed by atoms with E-state index >= 15 is 0 Å². The normalized spacial score (nSPS) is 12.6.